The molecule has 0 fully saturated rings. The van der Waals surface area contributed by atoms with E-state index in [1.165, 1.54) is 25.1 Å². The second-order valence-corrected chi connectivity index (χ2v) is 8.61. The molecule has 3 rings (SSSR count). The highest BCUT2D eigenvalue weighted by Crippen LogP contribution is 2.35. The van der Waals surface area contributed by atoms with E-state index < -0.39 is 44.3 Å². The van der Waals surface area contributed by atoms with Gasteiger partial charge in [0.25, 0.3) is 17.5 Å². The van der Waals surface area contributed by atoms with Gasteiger partial charge in [0.2, 0.25) is 5.75 Å². The summed E-state index contributed by atoms with van der Waals surface area (Å²) < 4.78 is 48.5. The van der Waals surface area contributed by atoms with Gasteiger partial charge in [-0.3, -0.25) is 18.7 Å². The lowest BCUT2D eigenvalue weighted by Gasteiger charge is -2.13. The third kappa shape index (κ3) is 6.56. The lowest BCUT2D eigenvalue weighted by molar-refractivity contribution is 0.125. The molecule has 0 saturated heterocycles. The Balaban J connectivity index is 2.02. The molecular weight excluding hydrogens is 515 g/mol. The second-order valence-electron chi connectivity index (χ2n) is 6.93. The van der Waals surface area contributed by atoms with Crippen LogP contribution in [0.25, 0.3) is 0 Å². The van der Waals surface area contributed by atoms with E-state index in [1.807, 2.05) is 6.07 Å². The van der Waals surface area contributed by atoms with Crippen molar-refractivity contribution in [1.82, 2.24) is 19.3 Å². The SMILES string of the molecule is Cc1ncn(Cc2cc(C(F)F)nn(COP(=O)(O)O)c2=O)c(=O)c1Oc1cc(Cl)cc(C#N)c1. The third-order valence-electron chi connectivity index (χ3n) is 4.37. The Morgan fingerprint density at radius 2 is 1.94 bits per heavy atom. The van der Waals surface area contributed by atoms with E-state index in [0.717, 1.165) is 17.0 Å². The van der Waals surface area contributed by atoms with Crippen molar-refractivity contribution in [3.05, 3.63) is 78.8 Å². The first-order valence-corrected chi connectivity index (χ1v) is 11.3. The minimum Gasteiger partial charge on any atom is -0.450 e. The van der Waals surface area contributed by atoms with Gasteiger partial charge in [0.15, 0.2) is 6.73 Å². The predicted molar refractivity (Wildman–Crippen MR) is 115 cm³/mol. The monoisotopic (exact) mass is 529 g/mol. The number of phosphoric ester groups is 1. The smallest absolute Gasteiger partial charge is 0.450 e. The highest BCUT2D eigenvalue weighted by Gasteiger charge is 2.20. The molecule has 2 N–H and O–H groups in total. The number of hydrogen-bond donors (Lipinski definition) is 2. The number of aromatic nitrogens is 4. The van der Waals surface area contributed by atoms with Gasteiger partial charge in [-0.15, -0.1) is 0 Å². The Labute approximate surface area is 199 Å². The van der Waals surface area contributed by atoms with Crippen molar-refractivity contribution in [2.45, 2.75) is 26.6 Å². The van der Waals surface area contributed by atoms with Crippen molar-refractivity contribution in [3.63, 3.8) is 0 Å². The standard InChI is InChI=1S/C19H15ClF2N5O7P/c1-10-16(34-14-3-11(6-23)2-13(20)5-14)19(29)26(8-24-10)7-12-4-15(17(21)22)25-27(18(12)28)9-33-35(30,31)32/h2-5,8,17H,7,9H2,1H3,(H2,30,31,32). The maximum atomic E-state index is 13.3. The zero-order valence-electron chi connectivity index (χ0n) is 17.6. The quantitative estimate of drug-likeness (QED) is 0.413. The van der Waals surface area contributed by atoms with Crippen LogP contribution in [0.15, 0.2) is 40.2 Å². The summed E-state index contributed by atoms with van der Waals surface area (Å²) in [5.74, 6) is -0.207. The van der Waals surface area contributed by atoms with Gasteiger partial charge < -0.3 is 14.5 Å². The molecule has 2 aromatic heterocycles. The Morgan fingerprint density at radius 1 is 1.23 bits per heavy atom. The average Bonchev–Trinajstić information content (AvgIpc) is 2.77. The van der Waals surface area contributed by atoms with Gasteiger partial charge in [-0.1, -0.05) is 11.6 Å². The minimum atomic E-state index is -5.03. The first kappa shape index (κ1) is 26.1. The molecule has 0 atom stereocenters. The molecule has 0 spiro atoms. The number of nitriles is 1. The van der Waals surface area contributed by atoms with Crippen LogP contribution in [0, 0.1) is 18.3 Å². The normalized spacial score (nSPS) is 11.5. The maximum absolute atomic E-state index is 13.3. The molecule has 0 amide bonds. The Kier molecular flexibility index (Phi) is 7.79. The van der Waals surface area contributed by atoms with Crippen molar-refractivity contribution >= 4 is 19.4 Å². The summed E-state index contributed by atoms with van der Waals surface area (Å²) >= 11 is 5.95. The highest BCUT2D eigenvalue weighted by molar-refractivity contribution is 7.46. The van der Waals surface area contributed by atoms with E-state index in [9.17, 15) is 22.9 Å². The lowest BCUT2D eigenvalue weighted by Crippen LogP contribution is -2.32. The number of nitrogens with zero attached hydrogens (tertiary/aromatic N) is 5. The molecule has 184 valence electrons. The fourth-order valence-corrected chi connectivity index (χ4v) is 3.31. The van der Waals surface area contributed by atoms with Crippen LogP contribution in [-0.2, 0) is 22.4 Å². The van der Waals surface area contributed by atoms with Gasteiger partial charge in [-0.2, -0.15) is 10.4 Å². The summed E-state index contributed by atoms with van der Waals surface area (Å²) in [5.41, 5.74) is -2.75. The molecule has 0 radical (unpaired) electrons. The molecule has 0 aliphatic heterocycles. The fraction of sp³-hybridized carbons (Fsp3) is 0.211. The number of ether oxygens (including phenoxy) is 1. The summed E-state index contributed by atoms with van der Waals surface area (Å²) in [7, 11) is -5.03. The first-order valence-electron chi connectivity index (χ1n) is 9.41. The Morgan fingerprint density at radius 3 is 2.57 bits per heavy atom. The maximum Gasteiger partial charge on any atom is 0.471 e. The van der Waals surface area contributed by atoms with E-state index in [2.05, 4.69) is 14.6 Å². The largest absolute Gasteiger partial charge is 0.471 e. The molecule has 0 unspecified atom stereocenters. The van der Waals surface area contributed by atoms with Gasteiger partial charge in [0.1, 0.15) is 11.4 Å². The van der Waals surface area contributed by atoms with E-state index in [1.54, 1.807) is 0 Å². The average molecular weight is 530 g/mol. The van der Waals surface area contributed by atoms with Crippen LogP contribution in [0.1, 0.15) is 28.9 Å². The molecule has 16 heteroatoms. The molecule has 0 saturated carbocycles. The summed E-state index contributed by atoms with van der Waals surface area (Å²) in [6.45, 7) is -0.203. The van der Waals surface area contributed by atoms with Crippen LogP contribution in [0.5, 0.6) is 11.5 Å². The van der Waals surface area contributed by atoms with Crippen LogP contribution in [0.2, 0.25) is 5.02 Å². The van der Waals surface area contributed by atoms with Gasteiger partial charge in [-0.05, 0) is 31.2 Å². The number of phosphoric acid groups is 1. The van der Waals surface area contributed by atoms with Crippen molar-refractivity contribution in [3.8, 4) is 17.6 Å². The zero-order valence-corrected chi connectivity index (χ0v) is 19.3. The number of hydrogen-bond acceptors (Lipinski definition) is 8. The molecule has 0 bridgehead atoms. The van der Waals surface area contributed by atoms with Crippen LogP contribution < -0.4 is 15.9 Å². The van der Waals surface area contributed by atoms with E-state index in [4.69, 9.17) is 31.4 Å². The van der Waals surface area contributed by atoms with Crippen molar-refractivity contribution in [1.29, 1.82) is 5.26 Å². The fourth-order valence-electron chi connectivity index (χ4n) is 2.83. The molecule has 35 heavy (non-hydrogen) atoms. The minimum absolute atomic E-state index is 0.0645. The number of alkyl halides is 2. The summed E-state index contributed by atoms with van der Waals surface area (Å²) in [6.07, 6.45) is -2.08. The van der Waals surface area contributed by atoms with Gasteiger partial charge in [0, 0.05) is 10.6 Å². The van der Waals surface area contributed by atoms with Crippen molar-refractivity contribution in [2.24, 2.45) is 0 Å². The Hall–Kier alpha value is -3.47. The van der Waals surface area contributed by atoms with Crippen LogP contribution in [-0.4, -0.2) is 29.1 Å². The zero-order chi connectivity index (χ0) is 25.9. The Bertz CT molecular complexity index is 1480. The van der Waals surface area contributed by atoms with Gasteiger partial charge in [-0.25, -0.2) is 23.0 Å². The van der Waals surface area contributed by atoms with E-state index in [-0.39, 0.29) is 33.3 Å². The van der Waals surface area contributed by atoms with E-state index >= 15 is 0 Å². The molecular formula is C19H15ClF2N5O7P. The number of rotatable bonds is 8. The summed E-state index contributed by atoms with van der Waals surface area (Å²) in [5, 5.41) is 12.6. The molecule has 2 heterocycles. The molecule has 0 aliphatic rings. The number of aryl methyl sites for hydroxylation is 1. The topological polar surface area (TPSA) is 170 Å². The van der Waals surface area contributed by atoms with Crippen LogP contribution >= 0.6 is 19.4 Å². The molecule has 3 aromatic rings. The molecule has 12 nitrogen and oxygen atoms in total. The van der Waals surface area contributed by atoms with Crippen LogP contribution in [0.3, 0.4) is 0 Å². The first-order chi connectivity index (χ1) is 16.4. The van der Waals surface area contributed by atoms with Crippen LogP contribution in [0.4, 0.5) is 8.78 Å². The van der Waals surface area contributed by atoms with Crippen molar-refractivity contribution in [2.75, 3.05) is 0 Å². The highest BCUT2D eigenvalue weighted by atomic mass is 35.5. The molecule has 0 aliphatic carbocycles. The summed E-state index contributed by atoms with van der Waals surface area (Å²) in [6, 6.07) is 6.71. The molecule has 1 aromatic carbocycles. The second kappa shape index (κ2) is 10.4. The summed E-state index contributed by atoms with van der Waals surface area (Å²) in [4.78, 5) is 47.3. The number of benzene rings is 1. The predicted octanol–water partition coefficient (Wildman–Crippen LogP) is 2.48. The van der Waals surface area contributed by atoms with Gasteiger partial charge >= 0.3 is 7.82 Å². The lowest BCUT2D eigenvalue weighted by atomic mass is 10.2. The van der Waals surface area contributed by atoms with Gasteiger partial charge in [0.05, 0.1) is 30.2 Å². The van der Waals surface area contributed by atoms with E-state index in [0.29, 0.717) is 4.68 Å². The third-order valence-corrected chi connectivity index (χ3v) is 5.04. The number of halogens is 3. The van der Waals surface area contributed by atoms with Crippen molar-refractivity contribution < 1.29 is 32.4 Å².